The van der Waals surface area contributed by atoms with E-state index in [2.05, 4.69) is 10.0 Å². The summed E-state index contributed by atoms with van der Waals surface area (Å²) in [7, 11) is -1.97. The lowest BCUT2D eigenvalue weighted by Crippen LogP contribution is -2.15. The van der Waals surface area contributed by atoms with Crippen LogP contribution < -0.4 is 14.8 Å². The zero-order valence-electron chi connectivity index (χ0n) is 16.1. The van der Waals surface area contributed by atoms with E-state index >= 15 is 0 Å². The normalized spacial score (nSPS) is 11.2. The van der Waals surface area contributed by atoms with Crippen molar-refractivity contribution in [3.05, 3.63) is 71.0 Å². The summed E-state index contributed by atoms with van der Waals surface area (Å²) in [5, 5.41) is 3.13. The molecule has 0 aliphatic carbocycles. The van der Waals surface area contributed by atoms with Crippen LogP contribution in [0, 0.1) is 6.92 Å². The van der Waals surface area contributed by atoms with E-state index in [4.69, 9.17) is 16.3 Å². The topological polar surface area (TPSA) is 89.4 Å². The second-order valence-corrected chi connectivity index (χ2v) is 8.61. The average molecular weight is 434 g/mol. The Morgan fingerprint density at radius 2 is 1.83 bits per heavy atom. The fourth-order valence-electron chi connectivity index (χ4n) is 2.79. The third-order valence-corrected chi connectivity index (χ3v) is 5.08. The van der Waals surface area contributed by atoms with Crippen LogP contribution in [-0.2, 0) is 10.0 Å². The molecule has 0 radical (unpaired) electrons. The lowest BCUT2D eigenvalue weighted by molar-refractivity contribution is 0.102. The predicted octanol–water partition coefficient (Wildman–Crippen LogP) is 4.07. The van der Waals surface area contributed by atoms with Gasteiger partial charge in [-0.25, -0.2) is 8.42 Å². The van der Waals surface area contributed by atoms with Gasteiger partial charge in [0.25, 0.3) is 5.91 Å². The molecule has 0 atom stereocenters. The molecule has 0 unspecified atom stereocenters. The number of benzene rings is 2. The summed E-state index contributed by atoms with van der Waals surface area (Å²) >= 11 is 6.38. The van der Waals surface area contributed by atoms with E-state index in [1.54, 1.807) is 31.2 Å². The van der Waals surface area contributed by atoms with Crippen LogP contribution in [-0.4, -0.2) is 32.3 Å². The van der Waals surface area contributed by atoms with Crippen molar-refractivity contribution in [3.8, 4) is 11.4 Å². The molecule has 1 aromatic heterocycles. The Balaban J connectivity index is 1.91. The van der Waals surface area contributed by atoms with Crippen molar-refractivity contribution in [1.82, 2.24) is 4.57 Å². The molecule has 2 aromatic carbocycles. The lowest BCUT2D eigenvalue weighted by atomic mass is 10.1. The molecule has 9 heteroatoms. The van der Waals surface area contributed by atoms with Gasteiger partial charge in [-0.15, -0.1) is 0 Å². The molecular weight excluding hydrogens is 414 g/mol. The summed E-state index contributed by atoms with van der Waals surface area (Å²) < 4.78 is 32.7. The SMILES string of the molecule is COc1cc(-n2cccc2)c(Cl)cc1C(=O)Nc1ccc(C)c(NS(C)(=O)=O)c1. The molecule has 1 amide bonds. The first kappa shape index (κ1) is 20.8. The Hall–Kier alpha value is -2.97. The van der Waals surface area contributed by atoms with Crippen molar-refractivity contribution in [2.75, 3.05) is 23.4 Å². The summed E-state index contributed by atoms with van der Waals surface area (Å²) in [6, 6.07) is 11.9. The summed E-state index contributed by atoms with van der Waals surface area (Å²) in [5.74, 6) is -0.0749. The van der Waals surface area contributed by atoms with Crippen LogP contribution in [0.25, 0.3) is 5.69 Å². The third kappa shape index (κ3) is 4.90. The Morgan fingerprint density at radius 1 is 1.14 bits per heavy atom. The Bertz CT molecular complexity index is 1160. The highest BCUT2D eigenvalue weighted by atomic mass is 35.5. The van der Waals surface area contributed by atoms with Gasteiger partial charge in [0.1, 0.15) is 5.75 Å². The summed E-state index contributed by atoms with van der Waals surface area (Å²) in [5.41, 5.74) is 2.48. The molecule has 3 rings (SSSR count). The first-order valence-corrected chi connectivity index (χ1v) is 10.9. The number of nitrogens with zero attached hydrogens (tertiary/aromatic N) is 1. The highest BCUT2D eigenvalue weighted by Crippen LogP contribution is 2.31. The van der Waals surface area contributed by atoms with E-state index in [9.17, 15) is 13.2 Å². The van der Waals surface area contributed by atoms with Crippen molar-refractivity contribution >= 4 is 38.9 Å². The van der Waals surface area contributed by atoms with Crippen molar-refractivity contribution in [2.45, 2.75) is 6.92 Å². The number of carbonyl (C=O) groups is 1. The van der Waals surface area contributed by atoms with Gasteiger partial charge in [0, 0.05) is 24.1 Å². The molecule has 152 valence electrons. The fourth-order valence-corrected chi connectivity index (χ4v) is 3.67. The molecule has 0 bridgehead atoms. The number of methoxy groups -OCH3 is 1. The largest absolute Gasteiger partial charge is 0.496 e. The number of halogens is 1. The third-order valence-electron chi connectivity index (χ3n) is 4.19. The van der Waals surface area contributed by atoms with E-state index in [1.165, 1.54) is 13.2 Å². The lowest BCUT2D eigenvalue weighted by Gasteiger charge is -2.15. The number of nitrogens with one attached hydrogen (secondary N) is 2. The Morgan fingerprint density at radius 3 is 2.45 bits per heavy atom. The van der Waals surface area contributed by atoms with Crippen LogP contribution in [0.15, 0.2) is 54.9 Å². The molecule has 0 aliphatic heterocycles. The van der Waals surface area contributed by atoms with E-state index in [0.29, 0.717) is 27.8 Å². The second-order valence-electron chi connectivity index (χ2n) is 6.45. The number of sulfonamides is 1. The number of amides is 1. The van der Waals surface area contributed by atoms with Crippen molar-refractivity contribution in [3.63, 3.8) is 0 Å². The number of aryl methyl sites for hydroxylation is 1. The number of anilines is 2. The van der Waals surface area contributed by atoms with Gasteiger partial charge in [-0.1, -0.05) is 17.7 Å². The molecule has 0 aliphatic rings. The van der Waals surface area contributed by atoms with Gasteiger partial charge in [0.2, 0.25) is 10.0 Å². The molecule has 2 N–H and O–H groups in total. The number of carbonyl (C=O) groups excluding carboxylic acids is 1. The molecule has 1 heterocycles. The van der Waals surface area contributed by atoms with E-state index < -0.39 is 15.9 Å². The first-order valence-electron chi connectivity index (χ1n) is 8.58. The maximum absolute atomic E-state index is 12.8. The average Bonchev–Trinajstić information content (AvgIpc) is 3.17. The van der Waals surface area contributed by atoms with Crippen LogP contribution in [0.3, 0.4) is 0 Å². The quantitative estimate of drug-likeness (QED) is 0.613. The van der Waals surface area contributed by atoms with Crippen molar-refractivity contribution in [1.29, 1.82) is 0 Å². The monoisotopic (exact) mass is 433 g/mol. The molecule has 0 spiro atoms. The predicted molar refractivity (Wildman–Crippen MR) is 115 cm³/mol. The maximum Gasteiger partial charge on any atom is 0.259 e. The van der Waals surface area contributed by atoms with Crippen LogP contribution >= 0.6 is 11.6 Å². The Kier molecular flexibility index (Phi) is 5.86. The van der Waals surface area contributed by atoms with Gasteiger partial charge in [-0.05, 0) is 42.8 Å². The molecule has 29 heavy (non-hydrogen) atoms. The van der Waals surface area contributed by atoms with E-state index in [-0.39, 0.29) is 5.56 Å². The summed E-state index contributed by atoms with van der Waals surface area (Å²) in [6.07, 6.45) is 4.74. The van der Waals surface area contributed by atoms with Gasteiger partial charge in [-0.3, -0.25) is 9.52 Å². The second kappa shape index (κ2) is 8.18. The van der Waals surface area contributed by atoms with Gasteiger partial charge in [-0.2, -0.15) is 0 Å². The number of hydrogen-bond donors (Lipinski definition) is 2. The van der Waals surface area contributed by atoms with Crippen LogP contribution in [0.4, 0.5) is 11.4 Å². The molecule has 3 aromatic rings. The minimum absolute atomic E-state index is 0.256. The molecule has 7 nitrogen and oxygen atoms in total. The van der Waals surface area contributed by atoms with Crippen LogP contribution in [0.5, 0.6) is 5.75 Å². The van der Waals surface area contributed by atoms with Gasteiger partial charge < -0.3 is 14.6 Å². The maximum atomic E-state index is 12.8. The van der Waals surface area contributed by atoms with Crippen molar-refractivity contribution < 1.29 is 17.9 Å². The molecule has 0 saturated heterocycles. The minimum Gasteiger partial charge on any atom is -0.496 e. The Labute approximate surface area is 174 Å². The molecule has 0 saturated carbocycles. The standard InChI is InChI=1S/C20H20ClN3O4S/c1-13-6-7-14(10-17(13)23-29(3,26)27)22-20(25)15-11-16(21)18(12-19(15)28-2)24-8-4-5-9-24/h4-12,23H,1-3H3,(H,22,25). The van der Waals surface area contributed by atoms with Crippen LogP contribution in [0.1, 0.15) is 15.9 Å². The minimum atomic E-state index is -3.44. The van der Waals surface area contributed by atoms with E-state index in [1.807, 2.05) is 29.1 Å². The number of rotatable bonds is 6. The molecule has 0 fully saturated rings. The van der Waals surface area contributed by atoms with Gasteiger partial charge >= 0.3 is 0 Å². The first-order chi connectivity index (χ1) is 13.7. The van der Waals surface area contributed by atoms with E-state index in [0.717, 1.165) is 11.8 Å². The van der Waals surface area contributed by atoms with Gasteiger partial charge in [0.05, 0.1) is 35.3 Å². The number of ether oxygens (including phenoxy) is 1. The number of hydrogen-bond acceptors (Lipinski definition) is 4. The highest BCUT2D eigenvalue weighted by Gasteiger charge is 2.17. The zero-order valence-corrected chi connectivity index (χ0v) is 17.6. The molecular formula is C20H20ClN3O4S. The van der Waals surface area contributed by atoms with Crippen LogP contribution in [0.2, 0.25) is 5.02 Å². The highest BCUT2D eigenvalue weighted by molar-refractivity contribution is 7.92. The smallest absolute Gasteiger partial charge is 0.259 e. The summed E-state index contributed by atoms with van der Waals surface area (Å²) in [4.78, 5) is 12.8. The van der Waals surface area contributed by atoms with Crippen molar-refractivity contribution in [2.24, 2.45) is 0 Å². The van der Waals surface area contributed by atoms with Gasteiger partial charge in [0.15, 0.2) is 0 Å². The zero-order chi connectivity index (χ0) is 21.2. The number of aromatic nitrogens is 1. The summed E-state index contributed by atoms with van der Waals surface area (Å²) in [6.45, 7) is 1.77. The fraction of sp³-hybridized carbons (Fsp3) is 0.150.